The molecule has 7 nitrogen and oxygen atoms in total. The smallest absolute Gasteiger partial charge is 0.253 e. The Kier molecular flexibility index (Phi) is 6.85. The van der Waals surface area contributed by atoms with Gasteiger partial charge in [0.1, 0.15) is 5.78 Å². The molecule has 210 valence electrons. The molecule has 8 heteroatoms. The average Bonchev–Trinajstić information content (AvgIpc) is 3.22. The van der Waals surface area contributed by atoms with Crippen LogP contribution in [0.3, 0.4) is 0 Å². The zero-order valence-corrected chi connectivity index (χ0v) is 24.6. The lowest BCUT2D eigenvalue weighted by molar-refractivity contribution is -0.128. The lowest BCUT2D eigenvalue weighted by Crippen LogP contribution is -2.48. The van der Waals surface area contributed by atoms with E-state index >= 15 is 0 Å². The molecule has 2 atom stereocenters. The van der Waals surface area contributed by atoms with Gasteiger partial charge in [-0.15, -0.1) is 0 Å². The van der Waals surface area contributed by atoms with Crippen LogP contribution in [0, 0.1) is 16.7 Å². The third-order valence-corrected chi connectivity index (χ3v) is 11.1. The molecule has 0 spiro atoms. The van der Waals surface area contributed by atoms with E-state index in [9.17, 15) is 18.0 Å². The Balaban J connectivity index is 1.17. The van der Waals surface area contributed by atoms with Crippen molar-refractivity contribution in [1.82, 2.24) is 4.90 Å². The summed E-state index contributed by atoms with van der Waals surface area (Å²) in [7, 11) is -3.69. The molecule has 1 N–H and O–H groups in total. The molecule has 2 aromatic carbocycles. The van der Waals surface area contributed by atoms with Crippen molar-refractivity contribution >= 4 is 33.1 Å². The van der Waals surface area contributed by atoms with Gasteiger partial charge in [0.15, 0.2) is 0 Å². The number of fused-ring (bicyclic) bond motifs is 2. The largest absolute Gasteiger partial charge is 0.368 e. The highest BCUT2D eigenvalue weighted by Gasteiger charge is 2.65. The minimum absolute atomic E-state index is 0.0493. The van der Waals surface area contributed by atoms with Crippen LogP contribution in [-0.2, 0) is 20.2 Å². The number of hydrogen-bond donors (Lipinski definition) is 1. The first-order valence-electron chi connectivity index (χ1n) is 14.0. The second-order valence-corrected chi connectivity index (χ2v) is 14.9. The lowest BCUT2D eigenvalue weighted by atomic mass is 9.70. The van der Waals surface area contributed by atoms with Crippen molar-refractivity contribution in [1.29, 1.82) is 0 Å². The van der Waals surface area contributed by atoms with Crippen molar-refractivity contribution in [2.75, 3.05) is 41.6 Å². The number of sulfonamides is 1. The van der Waals surface area contributed by atoms with Crippen LogP contribution in [-0.4, -0.2) is 56.9 Å². The Bertz CT molecular complexity index is 1350. The van der Waals surface area contributed by atoms with Gasteiger partial charge in [0.25, 0.3) is 5.91 Å². The number of carbonyl (C=O) groups excluding carboxylic acids is 2. The molecule has 5 rings (SSSR count). The van der Waals surface area contributed by atoms with Crippen LogP contribution in [0.25, 0.3) is 0 Å². The fourth-order valence-electron chi connectivity index (χ4n) is 6.85. The topological polar surface area (TPSA) is 86.8 Å². The van der Waals surface area contributed by atoms with Crippen molar-refractivity contribution in [3.63, 3.8) is 0 Å². The first kappa shape index (κ1) is 27.7. The zero-order valence-electron chi connectivity index (χ0n) is 23.8. The molecule has 1 aliphatic heterocycles. The summed E-state index contributed by atoms with van der Waals surface area (Å²) in [5.74, 6) is 0.282. The number of nitrogens with one attached hydrogen (secondary N) is 1. The van der Waals surface area contributed by atoms with Crippen LogP contribution in [0.2, 0.25) is 0 Å². The van der Waals surface area contributed by atoms with E-state index in [4.69, 9.17) is 0 Å². The Hall–Kier alpha value is -2.87. The van der Waals surface area contributed by atoms with E-state index in [1.54, 1.807) is 12.1 Å². The molecule has 39 heavy (non-hydrogen) atoms. The monoisotopic (exact) mass is 551 g/mol. The quantitative estimate of drug-likeness (QED) is 0.541. The van der Waals surface area contributed by atoms with Crippen LogP contribution in [0.5, 0.6) is 0 Å². The predicted octanol–water partition coefficient (Wildman–Crippen LogP) is 5.08. The van der Waals surface area contributed by atoms with Gasteiger partial charge < -0.3 is 9.80 Å². The number of benzene rings is 2. The summed E-state index contributed by atoms with van der Waals surface area (Å²) in [5.41, 5.74) is 2.38. The average molecular weight is 552 g/mol. The zero-order chi connectivity index (χ0) is 28.2. The highest BCUT2D eigenvalue weighted by molar-refractivity contribution is 7.92. The molecule has 2 aromatic rings. The molecule has 0 aromatic heterocycles. The molecule has 2 bridgehead atoms. The summed E-state index contributed by atoms with van der Waals surface area (Å²) in [6.07, 6.45) is 2.07. The van der Waals surface area contributed by atoms with Gasteiger partial charge in [-0.25, -0.2) is 8.42 Å². The molecule has 0 radical (unpaired) electrons. The van der Waals surface area contributed by atoms with Gasteiger partial charge in [0.2, 0.25) is 10.0 Å². The number of ketones is 1. The summed E-state index contributed by atoms with van der Waals surface area (Å²) in [6, 6.07) is 15.3. The molecule has 2 saturated carbocycles. The maximum Gasteiger partial charge on any atom is 0.253 e. The van der Waals surface area contributed by atoms with Crippen molar-refractivity contribution in [2.45, 2.75) is 59.3 Å². The van der Waals surface area contributed by atoms with Crippen LogP contribution in [0.4, 0.5) is 11.4 Å². The van der Waals surface area contributed by atoms with Gasteiger partial charge in [0, 0.05) is 49.5 Å². The second kappa shape index (κ2) is 9.65. The summed E-state index contributed by atoms with van der Waals surface area (Å²) >= 11 is 0. The van der Waals surface area contributed by atoms with Crippen molar-refractivity contribution in [3.8, 4) is 0 Å². The van der Waals surface area contributed by atoms with Gasteiger partial charge in [-0.3, -0.25) is 14.3 Å². The fraction of sp³-hybridized carbons (Fsp3) is 0.548. The Labute approximate surface area is 233 Å². The first-order chi connectivity index (χ1) is 18.2. The number of Topliss-reactive ketones (excluding diaryl/α,β-unsaturated/α-hetero) is 1. The summed E-state index contributed by atoms with van der Waals surface area (Å²) < 4.78 is 29.0. The highest BCUT2D eigenvalue weighted by Crippen LogP contribution is 2.64. The van der Waals surface area contributed by atoms with E-state index in [0.29, 0.717) is 50.3 Å². The Morgan fingerprint density at radius 2 is 1.59 bits per heavy atom. The third-order valence-electron chi connectivity index (χ3n) is 9.65. The van der Waals surface area contributed by atoms with Gasteiger partial charge in [0.05, 0.1) is 11.2 Å². The molecule has 3 aliphatic rings. The molecule has 1 heterocycles. The minimum atomic E-state index is -3.69. The van der Waals surface area contributed by atoms with E-state index in [0.717, 1.165) is 12.1 Å². The van der Waals surface area contributed by atoms with Crippen molar-refractivity contribution < 1.29 is 18.0 Å². The molecule has 1 amide bonds. The molecular weight excluding hydrogens is 510 g/mol. The van der Waals surface area contributed by atoms with Gasteiger partial charge in [-0.2, -0.15) is 0 Å². The molecule has 2 unspecified atom stereocenters. The number of nitrogens with zero attached hydrogens (tertiary/aromatic N) is 2. The van der Waals surface area contributed by atoms with E-state index in [1.807, 2.05) is 41.3 Å². The number of rotatable bonds is 6. The van der Waals surface area contributed by atoms with E-state index < -0.39 is 15.4 Å². The third kappa shape index (κ3) is 5.08. The highest BCUT2D eigenvalue weighted by atomic mass is 32.2. The second-order valence-electron chi connectivity index (χ2n) is 13.2. The normalized spacial score (nSPS) is 24.7. The summed E-state index contributed by atoms with van der Waals surface area (Å²) in [4.78, 5) is 29.9. The maximum atomic E-state index is 13.1. The van der Waals surface area contributed by atoms with E-state index in [1.165, 1.54) is 5.56 Å². The number of piperazine rings is 1. The van der Waals surface area contributed by atoms with Crippen molar-refractivity contribution in [3.05, 3.63) is 59.7 Å². The lowest BCUT2D eigenvalue weighted by Gasteiger charge is -2.36. The Morgan fingerprint density at radius 3 is 2.10 bits per heavy atom. The summed E-state index contributed by atoms with van der Waals surface area (Å²) in [5, 5.41) is 0. The number of amides is 1. The maximum absolute atomic E-state index is 13.1. The fourth-order valence-corrected chi connectivity index (χ4v) is 8.75. The first-order valence-corrected chi connectivity index (χ1v) is 15.7. The van der Waals surface area contributed by atoms with Gasteiger partial charge in [-0.05, 0) is 71.6 Å². The number of carbonyl (C=O) groups is 2. The predicted molar refractivity (Wildman–Crippen MR) is 156 cm³/mol. The van der Waals surface area contributed by atoms with E-state index in [-0.39, 0.29) is 34.2 Å². The molecule has 1 saturated heterocycles. The number of anilines is 2. The van der Waals surface area contributed by atoms with Gasteiger partial charge in [-0.1, -0.05) is 46.8 Å². The number of hydrogen-bond acceptors (Lipinski definition) is 5. The van der Waals surface area contributed by atoms with Crippen molar-refractivity contribution in [2.24, 2.45) is 16.7 Å². The van der Waals surface area contributed by atoms with E-state index in [2.05, 4.69) is 44.2 Å². The van der Waals surface area contributed by atoms with Crippen LogP contribution >= 0.6 is 0 Å². The molecular formula is C31H41N3O4S. The Morgan fingerprint density at radius 1 is 0.974 bits per heavy atom. The standard InChI is InChI=1S/C31H41N3O4S/c1-29(2,3)23-8-6-22(7-9-23)28(36)34-18-16-33(17-19-34)26-12-10-25(11-13-26)32-39(37,38)21-31-15-14-24(20-27(31)35)30(31,4)5/h6-13,24,32H,14-21H2,1-5H3. The minimum Gasteiger partial charge on any atom is -0.368 e. The van der Waals surface area contributed by atoms with Crippen LogP contribution < -0.4 is 9.62 Å². The molecule has 2 aliphatic carbocycles. The SMILES string of the molecule is CC(C)(C)c1ccc(C(=O)N2CCN(c3ccc(NS(=O)(=O)CC45CCC(CC4=O)C5(C)C)cc3)CC2)cc1. The summed E-state index contributed by atoms with van der Waals surface area (Å²) in [6.45, 7) is 13.2. The van der Waals surface area contributed by atoms with Gasteiger partial charge >= 0.3 is 0 Å². The van der Waals surface area contributed by atoms with Crippen LogP contribution in [0.1, 0.15) is 69.8 Å². The van der Waals surface area contributed by atoms with Crippen LogP contribution in [0.15, 0.2) is 48.5 Å². The molecule has 3 fully saturated rings.